The minimum absolute atomic E-state index is 0.587. The Hall–Kier alpha value is -1.26. The van der Waals surface area contributed by atoms with Gasteiger partial charge in [-0.1, -0.05) is 11.6 Å². The third-order valence-electron chi connectivity index (χ3n) is 2.38. The Balaban J connectivity index is 2.58. The zero-order valence-corrected chi connectivity index (χ0v) is 10.5. The Morgan fingerprint density at radius 1 is 1.38 bits per heavy atom. The number of hydrogen-bond donors (Lipinski definition) is 2. The monoisotopic (exact) mass is 254 g/mol. The first-order valence-electron chi connectivity index (χ1n) is 4.74. The molecule has 3 nitrogen and oxygen atoms in total. The largest absolute Gasteiger partial charge is 0.495 e. The van der Waals surface area contributed by atoms with Gasteiger partial charge in [0.25, 0.3) is 0 Å². The number of nitrogens with one attached hydrogen (secondary N) is 2. The van der Waals surface area contributed by atoms with Crippen LogP contribution in [0.15, 0.2) is 18.3 Å². The first kappa shape index (κ1) is 11.2. The molecule has 1 heterocycles. The van der Waals surface area contributed by atoms with E-state index in [1.54, 1.807) is 7.11 Å². The zero-order valence-electron chi connectivity index (χ0n) is 8.93. The highest BCUT2D eigenvalue weighted by molar-refractivity contribution is 7.71. The Labute approximate surface area is 103 Å². The molecule has 0 bridgehead atoms. The van der Waals surface area contributed by atoms with Gasteiger partial charge in [0.1, 0.15) is 5.75 Å². The van der Waals surface area contributed by atoms with Crippen LogP contribution in [-0.2, 0) is 0 Å². The molecule has 0 fully saturated rings. The lowest BCUT2D eigenvalue weighted by atomic mass is 10.1. The first-order chi connectivity index (χ1) is 7.61. The third kappa shape index (κ3) is 1.99. The quantitative estimate of drug-likeness (QED) is 0.802. The van der Waals surface area contributed by atoms with Gasteiger partial charge in [0.15, 0.2) is 4.77 Å². The van der Waals surface area contributed by atoms with Gasteiger partial charge < -0.3 is 14.7 Å². The summed E-state index contributed by atoms with van der Waals surface area (Å²) in [7, 11) is 1.60. The fourth-order valence-electron chi connectivity index (χ4n) is 1.58. The summed E-state index contributed by atoms with van der Waals surface area (Å²) >= 11 is 11.1. The molecular weight excluding hydrogens is 244 g/mol. The number of ether oxygens (including phenoxy) is 1. The lowest BCUT2D eigenvalue weighted by molar-refractivity contribution is 0.415. The van der Waals surface area contributed by atoms with Crippen LogP contribution < -0.4 is 4.74 Å². The second-order valence-electron chi connectivity index (χ2n) is 3.46. The zero-order chi connectivity index (χ0) is 11.7. The van der Waals surface area contributed by atoms with Crippen molar-refractivity contribution in [2.75, 3.05) is 7.11 Å². The maximum atomic E-state index is 6.08. The van der Waals surface area contributed by atoms with Gasteiger partial charge in [0.05, 0.1) is 17.8 Å². The van der Waals surface area contributed by atoms with Crippen LogP contribution in [-0.4, -0.2) is 17.1 Å². The number of halogens is 1. The summed E-state index contributed by atoms with van der Waals surface area (Å²) in [5.74, 6) is 0.678. The smallest absolute Gasteiger partial charge is 0.174 e. The van der Waals surface area contributed by atoms with Crippen LogP contribution in [0.5, 0.6) is 5.75 Å². The minimum Gasteiger partial charge on any atom is -0.495 e. The molecule has 0 aliphatic rings. The summed E-state index contributed by atoms with van der Waals surface area (Å²) in [6, 6.07) is 3.77. The fourth-order valence-corrected chi connectivity index (χ4v) is 1.99. The Morgan fingerprint density at radius 3 is 2.69 bits per heavy atom. The molecule has 0 spiro atoms. The molecule has 2 rings (SSSR count). The van der Waals surface area contributed by atoms with E-state index in [1.165, 1.54) is 0 Å². The molecule has 2 N–H and O–H groups in total. The molecule has 0 amide bonds. The van der Waals surface area contributed by atoms with Crippen LogP contribution in [0.3, 0.4) is 0 Å². The number of hydrogen-bond acceptors (Lipinski definition) is 2. The molecule has 0 aliphatic carbocycles. The Bertz CT molecular complexity index is 574. The molecule has 1 aromatic carbocycles. The summed E-state index contributed by atoms with van der Waals surface area (Å²) in [5.41, 5.74) is 3.01. The van der Waals surface area contributed by atoms with Crippen LogP contribution in [0.1, 0.15) is 5.56 Å². The molecule has 84 valence electrons. The highest BCUT2D eigenvalue weighted by Crippen LogP contribution is 2.32. The maximum Gasteiger partial charge on any atom is 0.174 e. The summed E-state index contributed by atoms with van der Waals surface area (Å²) < 4.78 is 5.75. The SMILES string of the molecule is COc1cc(C)c(-c2c[nH]c(=S)[nH]2)cc1Cl. The average molecular weight is 255 g/mol. The minimum atomic E-state index is 0.587. The van der Waals surface area contributed by atoms with Crippen LogP contribution in [0, 0.1) is 11.7 Å². The third-order valence-corrected chi connectivity index (χ3v) is 2.90. The Kier molecular flexibility index (Phi) is 3.03. The molecular formula is C11H11ClN2OS. The molecule has 2 aromatic rings. The number of aryl methyl sites for hydroxylation is 1. The second kappa shape index (κ2) is 4.31. The van der Waals surface area contributed by atoms with Gasteiger partial charge in [-0.15, -0.1) is 0 Å². The lowest BCUT2D eigenvalue weighted by Gasteiger charge is -2.08. The molecule has 0 unspecified atom stereocenters. The van der Waals surface area contributed by atoms with Crippen molar-refractivity contribution in [3.63, 3.8) is 0 Å². The summed E-state index contributed by atoms with van der Waals surface area (Å²) in [5, 5.41) is 0.587. The number of benzene rings is 1. The molecule has 0 radical (unpaired) electrons. The molecule has 0 aliphatic heterocycles. The molecule has 0 saturated heterocycles. The summed E-state index contributed by atoms with van der Waals surface area (Å²) in [6.07, 6.45) is 1.83. The van der Waals surface area contributed by atoms with Gasteiger partial charge in [-0.3, -0.25) is 0 Å². The van der Waals surface area contributed by atoms with E-state index >= 15 is 0 Å². The number of H-pyrrole nitrogens is 2. The highest BCUT2D eigenvalue weighted by atomic mass is 35.5. The predicted molar refractivity (Wildman–Crippen MR) is 67.7 cm³/mol. The fraction of sp³-hybridized carbons (Fsp3) is 0.182. The van der Waals surface area contributed by atoms with Gasteiger partial charge >= 0.3 is 0 Å². The lowest BCUT2D eigenvalue weighted by Crippen LogP contribution is -1.89. The number of methoxy groups -OCH3 is 1. The van der Waals surface area contributed by atoms with Crippen molar-refractivity contribution < 1.29 is 4.74 Å². The van der Waals surface area contributed by atoms with Gasteiger partial charge in [-0.25, -0.2) is 0 Å². The van der Waals surface area contributed by atoms with Gasteiger partial charge in [-0.2, -0.15) is 0 Å². The van der Waals surface area contributed by atoms with Crippen molar-refractivity contribution >= 4 is 23.8 Å². The van der Waals surface area contributed by atoms with E-state index in [0.717, 1.165) is 16.8 Å². The van der Waals surface area contributed by atoms with Crippen LogP contribution in [0.4, 0.5) is 0 Å². The van der Waals surface area contributed by atoms with Crippen molar-refractivity contribution in [3.8, 4) is 17.0 Å². The number of rotatable bonds is 2. The molecule has 16 heavy (non-hydrogen) atoms. The van der Waals surface area contributed by atoms with E-state index in [9.17, 15) is 0 Å². The van der Waals surface area contributed by atoms with Crippen molar-refractivity contribution in [2.24, 2.45) is 0 Å². The topological polar surface area (TPSA) is 40.8 Å². The Morgan fingerprint density at radius 2 is 2.12 bits per heavy atom. The summed E-state index contributed by atoms with van der Waals surface area (Å²) in [6.45, 7) is 2.00. The highest BCUT2D eigenvalue weighted by Gasteiger charge is 2.08. The van der Waals surface area contributed by atoms with Crippen LogP contribution in [0.2, 0.25) is 5.02 Å². The second-order valence-corrected chi connectivity index (χ2v) is 4.27. The standard InChI is InChI=1S/C11H11ClN2OS/c1-6-3-10(15-2)8(12)4-7(6)9-5-13-11(16)14-9/h3-5H,1-2H3,(H2,13,14,16). The molecule has 0 atom stereocenters. The van der Waals surface area contributed by atoms with Crippen molar-refractivity contribution in [3.05, 3.63) is 33.7 Å². The summed E-state index contributed by atoms with van der Waals surface area (Å²) in [4.78, 5) is 5.98. The van der Waals surface area contributed by atoms with Gasteiger partial charge in [-0.05, 0) is 36.8 Å². The van der Waals surface area contributed by atoms with Crippen LogP contribution >= 0.6 is 23.8 Å². The maximum absolute atomic E-state index is 6.08. The number of aromatic nitrogens is 2. The average Bonchev–Trinajstić information content (AvgIpc) is 2.67. The van der Waals surface area contributed by atoms with Crippen molar-refractivity contribution in [2.45, 2.75) is 6.92 Å². The first-order valence-corrected chi connectivity index (χ1v) is 5.52. The van der Waals surface area contributed by atoms with E-state index in [2.05, 4.69) is 9.97 Å². The van der Waals surface area contributed by atoms with E-state index in [0.29, 0.717) is 15.5 Å². The molecule has 0 saturated carbocycles. The van der Waals surface area contributed by atoms with Gasteiger partial charge in [0.2, 0.25) is 0 Å². The van der Waals surface area contributed by atoms with Crippen LogP contribution in [0.25, 0.3) is 11.3 Å². The van der Waals surface area contributed by atoms with Crippen molar-refractivity contribution in [1.29, 1.82) is 0 Å². The normalized spacial score (nSPS) is 10.4. The van der Waals surface area contributed by atoms with E-state index in [1.807, 2.05) is 25.3 Å². The number of imidazole rings is 1. The number of aromatic amines is 2. The van der Waals surface area contributed by atoms with Gasteiger partial charge in [0, 0.05) is 11.8 Å². The van der Waals surface area contributed by atoms with E-state index < -0.39 is 0 Å². The predicted octanol–water partition coefficient (Wildman–Crippen LogP) is 3.71. The van der Waals surface area contributed by atoms with E-state index in [4.69, 9.17) is 28.6 Å². The van der Waals surface area contributed by atoms with Crippen molar-refractivity contribution in [1.82, 2.24) is 9.97 Å². The molecule has 5 heteroatoms. The van der Waals surface area contributed by atoms with E-state index in [-0.39, 0.29) is 0 Å². The molecule has 1 aromatic heterocycles.